The molecule has 0 bridgehead atoms. The number of nitrogens with zero attached hydrogens (tertiary/aromatic N) is 2. The maximum atomic E-state index is 5.46. The van der Waals surface area contributed by atoms with E-state index in [9.17, 15) is 0 Å². The monoisotopic (exact) mass is 343 g/mol. The van der Waals surface area contributed by atoms with Crippen molar-refractivity contribution in [1.29, 1.82) is 0 Å². The molecule has 24 heavy (non-hydrogen) atoms. The van der Waals surface area contributed by atoms with Crippen LogP contribution in [-0.2, 0) is 11.3 Å². The zero-order valence-corrected chi connectivity index (χ0v) is 15.0. The number of rotatable bonds is 5. The molecule has 2 aromatic carbocycles. The highest BCUT2D eigenvalue weighted by Crippen LogP contribution is 2.20. The number of hydrogen-bond donors (Lipinski definition) is 1. The summed E-state index contributed by atoms with van der Waals surface area (Å²) in [5.74, 6) is 0. The van der Waals surface area contributed by atoms with E-state index in [1.165, 1.54) is 16.3 Å². The van der Waals surface area contributed by atoms with Crippen molar-refractivity contribution >= 4 is 28.1 Å². The Morgan fingerprint density at radius 2 is 1.83 bits per heavy atom. The predicted octanol–water partition coefficient (Wildman–Crippen LogP) is 2.48. The summed E-state index contributed by atoms with van der Waals surface area (Å²) in [4.78, 5) is 4.76. The molecule has 1 fully saturated rings. The Morgan fingerprint density at radius 3 is 2.62 bits per heavy atom. The van der Waals surface area contributed by atoms with Gasteiger partial charge in [0.1, 0.15) is 0 Å². The third-order valence-corrected chi connectivity index (χ3v) is 4.92. The van der Waals surface area contributed by atoms with E-state index in [-0.39, 0.29) is 0 Å². The number of benzene rings is 2. The average molecular weight is 343 g/mol. The second-order valence-corrected chi connectivity index (χ2v) is 6.51. The lowest BCUT2D eigenvalue weighted by Crippen LogP contribution is -2.51. The topological polar surface area (TPSA) is 27.7 Å². The second kappa shape index (κ2) is 8.42. The molecule has 0 radical (unpaired) electrons. The Balaban J connectivity index is 1.54. The Kier molecular flexibility index (Phi) is 6.01. The molecule has 1 aliphatic heterocycles. The molecule has 0 aromatic heterocycles. The first-order valence-corrected chi connectivity index (χ1v) is 8.89. The van der Waals surface area contributed by atoms with Crippen molar-refractivity contribution in [2.45, 2.75) is 6.54 Å². The molecular weight excluding hydrogens is 318 g/mol. The van der Waals surface area contributed by atoms with Gasteiger partial charge >= 0.3 is 0 Å². The van der Waals surface area contributed by atoms with Gasteiger partial charge in [-0.25, -0.2) is 0 Å². The van der Waals surface area contributed by atoms with Crippen LogP contribution in [0.1, 0.15) is 5.56 Å². The first kappa shape index (κ1) is 17.1. The fraction of sp³-hybridized carbons (Fsp3) is 0.421. The lowest BCUT2D eigenvalue weighted by atomic mass is 10.0. The predicted molar refractivity (Wildman–Crippen MR) is 103 cm³/mol. The van der Waals surface area contributed by atoms with Crippen molar-refractivity contribution in [2.24, 2.45) is 0 Å². The zero-order valence-electron chi connectivity index (χ0n) is 14.2. The van der Waals surface area contributed by atoms with E-state index in [0.717, 1.165) is 44.4 Å². The van der Waals surface area contributed by atoms with Crippen LogP contribution in [0.2, 0.25) is 0 Å². The molecule has 0 saturated carbocycles. The van der Waals surface area contributed by atoms with E-state index in [4.69, 9.17) is 17.0 Å². The molecule has 0 amide bonds. The van der Waals surface area contributed by atoms with Crippen LogP contribution in [0.15, 0.2) is 42.5 Å². The van der Waals surface area contributed by atoms with Crippen molar-refractivity contribution in [1.82, 2.24) is 15.1 Å². The molecule has 0 spiro atoms. The lowest BCUT2D eigenvalue weighted by molar-refractivity contribution is 0.172. The summed E-state index contributed by atoms with van der Waals surface area (Å²) in [5, 5.41) is 6.78. The smallest absolute Gasteiger partial charge is 0.169 e. The largest absolute Gasteiger partial charge is 0.383 e. The number of fused-ring (bicyclic) bond motifs is 1. The Labute approximate surface area is 149 Å². The third kappa shape index (κ3) is 4.23. The fourth-order valence-corrected chi connectivity index (χ4v) is 3.44. The summed E-state index contributed by atoms with van der Waals surface area (Å²) >= 11 is 5.46. The summed E-state index contributed by atoms with van der Waals surface area (Å²) in [5.41, 5.74) is 1.40. The minimum Gasteiger partial charge on any atom is -0.383 e. The molecule has 3 rings (SSSR count). The summed E-state index contributed by atoms with van der Waals surface area (Å²) < 4.78 is 5.05. The summed E-state index contributed by atoms with van der Waals surface area (Å²) in [6, 6.07) is 15.2. The van der Waals surface area contributed by atoms with Gasteiger partial charge in [-0.3, -0.25) is 4.90 Å². The molecule has 1 saturated heterocycles. The van der Waals surface area contributed by atoms with Crippen molar-refractivity contribution in [3.8, 4) is 0 Å². The highest BCUT2D eigenvalue weighted by Gasteiger charge is 2.19. The van der Waals surface area contributed by atoms with Gasteiger partial charge in [0.15, 0.2) is 5.11 Å². The number of hydrogen-bond acceptors (Lipinski definition) is 3. The molecule has 4 nitrogen and oxygen atoms in total. The molecule has 0 atom stereocenters. The van der Waals surface area contributed by atoms with Crippen LogP contribution < -0.4 is 5.32 Å². The fourth-order valence-electron chi connectivity index (χ4n) is 3.15. The van der Waals surface area contributed by atoms with E-state index in [1.54, 1.807) is 7.11 Å². The molecule has 0 aliphatic carbocycles. The van der Waals surface area contributed by atoms with Crippen LogP contribution in [0.25, 0.3) is 10.8 Å². The minimum absolute atomic E-state index is 0.682. The first-order chi connectivity index (χ1) is 11.8. The van der Waals surface area contributed by atoms with Gasteiger partial charge in [0.25, 0.3) is 0 Å². The molecule has 1 N–H and O–H groups in total. The van der Waals surface area contributed by atoms with Gasteiger partial charge in [0.05, 0.1) is 6.61 Å². The van der Waals surface area contributed by atoms with Gasteiger partial charge in [0.2, 0.25) is 0 Å². The van der Waals surface area contributed by atoms with Crippen molar-refractivity contribution in [2.75, 3.05) is 46.4 Å². The highest BCUT2D eigenvalue weighted by molar-refractivity contribution is 7.80. The Hall–Kier alpha value is -1.69. The SMILES string of the molecule is COCCNC(=S)N1CCN(Cc2cccc3ccccc23)CC1. The number of methoxy groups -OCH3 is 1. The maximum Gasteiger partial charge on any atom is 0.169 e. The van der Waals surface area contributed by atoms with Crippen molar-refractivity contribution < 1.29 is 4.74 Å². The molecule has 1 aliphatic rings. The maximum absolute atomic E-state index is 5.46. The van der Waals surface area contributed by atoms with Gasteiger partial charge < -0.3 is 15.0 Å². The highest BCUT2D eigenvalue weighted by atomic mass is 32.1. The van der Waals surface area contributed by atoms with Crippen LogP contribution in [0.4, 0.5) is 0 Å². The van der Waals surface area contributed by atoms with Gasteiger partial charge in [-0.2, -0.15) is 0 Å². The van der Waals surface area contributed by atoms with Crippen LogP contribution in [0.5, 0.6) is 0 Å². The van der Waals surface area contributed by atoms with Gasteiger partial charge in [-0.1, -0.05) is 42.5 Å². The van der Waals surface area contributed by atoms with Crippen molar-refractivity contribution in [3.63, 3.8) is 0 Å². The number of piperazine rings is 1. The molecule has 1 heterocycles. The standard InChI is InChI=1S/C19H25N3OS/c1-23-14-9-20-19(24)22-12-10-21(11-13-22)15-17-7-4-6-16-5-2-3-8-18(16)17/h2-8H,9-15H2,1H3,(H,20,24). The number of nitrogens with one attached hydrogen (secondary N) is 1. The second-order valence-electron chi connectivity index (χ2n) is 6.13. The quantitative estimate of drug-likeness (QED) is 0.665. The summed E-state index contributed by atoms with van der Waals surface area (Å²) in [6.45, 7) is 6.48. The van der Waals surface area contributed by atoms with E-state index >= 15 is 0 Å². The Morgan fingerprint density at radius 1 is 1.08 bits per heavy atom. The van der Waals surface area contributed by atoms with Gasteiger partial charge in [0, 0.05) is 46.4 Å². The molecule has 0 unspecified atom stereocenters. The number of ether oxygens (including phenoxy) is 1. The van der Waals surface area contributed by atoms with Crippen LogP contribution in [0.3, 0.4) is 0 Å². The Bertz CT molecular complexity index is 678. The molecule has 5 heteroatoms. The van der Waals surface area contributed by atoms with Crippen LogP contribution in [-0.4, -0.2) is 61.4 Å². The average Bonchev–Trinajstić information content (AvgIpc) is 2.63. The van der Waals surface area contributed by atoms with Gasteiger partial charge in [-0.15, -0.1) is 0 Å². The van der Waals surface area contributed by atoms with Crippen LogP contribution in [0, 0.1) is 0 Å². The first-order valence-electron chi connectivity index (χ1n) is 8.48. The third-order valence-electron chi connectivity index (χ3n) is 4.52. The lowest BCUT2D eigenvalue weighted by Gasteiger charge is -2.36. The normalized spacial score (nSPS) is 15.6. The molecular formula is C19H25N3OS. The van der Waals surface area contributed by atoms with E-state index < -0.39 is 0 Å². The van der Waals surface area contributed by atoms with E-state index in [2.05, 4.69) is 57.6 Å². The molecule has 2 aromatic rings. The van der Waals surface area contributed by atoms with E-state index in [1.807, 2.05) is 0 Å². The van der Waals surface area contributed by atoms with E-state index in [0.29, 0.717) is 6.61 Å². The molecule has 128 valence electrons. The van der Waals surface area contributed by atoms with Crippen molar-refractivity contribution in [3.05, 3.63) is 48.0 Å². The summed E-state index contributed by atoms with van der Waals surface area (Å²) in [7, 11) is 1.71. The number of thiocarbonyl (C=S) groups is 1. The van der Waals surface area contributed by atoms with Gasteiger partial charge in [-0.05, 0) is 28.6 Å². The zero-order chi connectivity index (χ0) is 16.8. The van der Waals surface area contributed by atoms with Crippen LogP contribution >= 0.6 is 12.2 Å². The summed E-state index contributed by atoms with van der Waals surface area (Å²) in [6.07, 6.45) is 0. The minimum atomic E-state index is 0.682.